The smallest absolute Gasteiger partial charge is 0.292 e. The molecule has 0 amide bonds. The molecule has 4 aromatic heterocycles. The average Bonchev–Trinajstić information content (AvgIpc) is 3.51. The molecule has 1 aromatic carbocycles. The summed E-state index contributed by atoms with van der Waals surface area (Å²) in [6.45, 7) is 6.20. The van der Waals surface area contributed by atoms with Crippen molar-refractivity contribution in [2.75, 3.05) is 19.7 Å². The first-order valence-electron chi connectivity index (χ1n) is 16.2. The van der Waals surface area contributed by atoms with E-state index in [0.717, 1.165) is 91.9 Å². The lowest BCUT2D eigenvalue weighted by molar-refractivity contribution is -0.0722. The predicted octanol–water partition coefficient (Wildman–Crippen LogP) is 5.95. The van der Waals surface area contributed by atoms with Crippen LogP contribution in [0.15, 0.2) is 48.8 Å². The molecular formula is C34H35ClN8O3. The summed E-state index contributed by atoms with van der Waals surface area (Å²) >= 11 is 6.08. The highest BCUT2D eigenvalue weighted by Crippen LogP contribution is 2.49. The average molecular weight is 639 g/mol. The van der Waals surface area contributed by atoms with Crippen LogP contribution in [0.25, 0.3) is 22.6 Å². The molecule has 236 valence electrons. The molecule has 5 aromatic rings. The molecule has 2 atom stereocenters. The van der Waals surface area contributed by atoms with Gasteiger partial charge in [0.25, 0.3) is 5.79 Å². The number of ether oxygens (including phenoxy) is 3. The summed E-state index contributed by atoms with van der Waals surface area (Å²) in [6, 6.07) is 11.9. The summed E-state index contributed by atoms with van der Waals surface area (Å²) < 4.78 is 21.0. The van der Waals surface area contributed by atoms with E-state index in [9.17, 15) is 0 Å². The van der Waals surface area contributed by atoms with Gasteiger partial charge in [-0.05, 0) is 75.4 Å². The van der Waals surface area contributed by atoms with E-state index in [1.165, 1.54) is 18.4 Å². The number of nitrogens with one attached hydrogen (secondary N) is 1. The molecule has 1 saturated carbocycles. The zero-order valence-corrected chi connectivity index (χ0v) is 26.4. The minimum atomic E-state index is -0.991. The van der Waals surface area contributed by atoms with Crippen LogP contribution in [0.2, 0.25) is 5.02 Å². The second kappa shape index (κ2) is 11.0. The van der Waals surface area contributed by atoms with Crippen LogP contribution >= 0.6 is 11.6 Å². The van der Waals surface area contributed by atoms with Gasteiger partial charge in [-0.1, -0.05) is 23.7 Å². The van der Waals surface area contributed by atoms with Crippen LogP contribution in [-0.2, 0) is 23.6 Å². The van der Waals surface area contributed by atoms with Crippen molar-refractivity contribution >= 4 is 22.6 Å². The molecule has 1 aliphatic carbocycles. The Morgan fingerprint density at radius 1 is 0.978 bits per heavy atom. The number of aromatic amines is 1. The van der Waals surface area contributed by atoms with E-state index in [2.05, 4.69) is 41.8 Å². The lowest BCUT2D eigenvalue weighted by Gasteiger charge is -2.33. The maximum Gasteiger partial charge on any atom is 0.292 e. The number of piperidine rings is 1. The molecule has 0 bridgehead atoms. The lowest BCUT2D eigenvalue weighted by Crippen LogP contribution is -2.35. The molecule has 2 saturated heterocycles. The summed E-state index contributed by atoms with van der Waals surface area (Å²) in [7, 11) is 0. The van der Waals surface area contributed by atoms with Crippen molar-refractivity contribution in [1.82, 2.24) is 39.6 Å². The third-order valence-corrected chi connectivity index (χ3v) is 10.0. The first-order chi connectivity index (χ1) is 22.5. The van der Waals surface area contributed by atoms with Crippen molar-refractivity contribution in [2.24, 2.45) is 0 Å². The van der Waals surface area contributed by atoms with Crippen molar-refractivity contribution in [1.29, 1.82) is 0 Å². The van der Waals surface area contributed by atoms with E-state index in [4.69, 9.17) is 35.8 Å². The minimum Gasteiger partial charge on any atom is -0.443 e. The van der Waals surface area contributed by atoms with Crippen molar-refractivity contribution < 1.29 is 14.2 Å². The van der Waals surface area contributed by atoms with E-state index in [1.54, 1.807) is 6.20 Å². The van der Waals surface area contributed by atoms with E-state index >= 15 is 0 Å². The number of nitrogens with zero attached hydrogens (tertiary/aromatic N) is 7. The van der Waals surface area contributed by atoms with Crippen LogP contribution in [0.5, 0.6) is 11.5 Å². The van der Waals surface area contributed by atoms with Gasteiger partial charge in [-0.2, -0.15) is 0 Å². The normalized spacial score (nSPS) is 23.2. The number of benzene rings is 1. The highest BCUT2D eigenvalue weighted by Gasteiger charge is 2.42. The van der Waals surface area contributed by atoms with Crippen LogP contribution in [0, 0.1) is 0 Å². The Kier molecular flexibility index (Phi) is 6.76. The van der Waals surface area contributed by atoms with Crippen molar-refractivity contribution in [3.63, 3.8) is 0 Å². The van der Waals surface area contributed by atoms with Crippen molar-refractivity contribution in [2.45, 2.75) is 75.8 Å². The van der Waals surface area contributed by atoms with Gasteiger partial charge in [0.1, 0.15) is 23.0 Å². The number of likely N-dealkylation sites (tertiary alicyclic amines) is 1. The second-order valence-corrected chi connectivity index (χ2v) is 13.5. The molecule has 0 spiro atoms. The molecule has 12 heteroatoms. The van der Waals surface area contributed by atoms with Gasteiger partial charge in [-0.3, -0.25) is 14.9 Å². The largest absolute Gasteiger partial charge is 0.443 e. The van der Waals surface area contributed by atoms with Gasteiger partial charge in [-0.25, -0.2) is 4.98 Å². The number of para-hydroxylation sites is 1. The fourth-order valence-corrected chi connectivity index (χ4v) is 7.02. The Morgan fingerprint density at radius 3 is 2.61 bits per heavy atom. The van der Waals surface area contributed by atoms with Crippen LogP contribution in [0.4, 0.5) is 0 Å². The molecule has 46 heavy (non-hydrogen) atoms. The standard InChI is InChI=1S/C34H35ClN8O3/c1-34(29-8-7-22(35)16-37-29)45-28-4-2-3-24(31(28)46-34)20-9-12-42(13-10-20)19-30-38-25-15-26(33-39-32(40-41-33)21-5-6-21)36-17-27(25)43(30)18-23-11-14-44-23/h2-4,7-8,15-17,20-21,23H,5-6,9-14,18-19H2,1H3,(H,39,40,41). The molecule has 4 aliphatic rings. The quantitative estimate of drug-likeness (QED) is 0.220. The number of hydrogen-bond acceptors (Lipinski definition) is 9. The molecule has 1 N–H and O–H groups in total. The van der Waals surface area contributed by atoms with Gasteiger partial charge in [0.05, 0.1) is 41.4 Å². The number of rotatable bonds is 8. The highest BCUT2D eigenvalue weighted by atomic mass is 35.5. The van der Waals surface area contributed by atoms with Crippen molar-refractivity contribution in [3.8, 4) is 23.0 Å². The van der Waals surface area contributed by atoms with Crippen LogP contribution in [0.3, 0.4) is 0 Å². The Morgan fingerprint density at radius 2 is 1.85 bits per heavy atom. The van der Waals surface area contributed by atoms with E-state index in [1.807, 2.05) is 37.4 Å². The number of H-pyrrole nitrogens is 1. The highest BCUT2D eigenvalue weighted by molar-refractivity contribution is 6.30. The number of hydrogen-bond donors (Lipinski definition) is 1. The van der Waals surface area contributed by atoms with Gasteiger partial charge >= 0.3 is 0 Å². The molecule has 9 rings (SSSR count). The summed E-state index contributed by atoms with van der Waals surface area (Å²) in [4.78, 5) is 20.3. The maximum atomic E-state index is 6.50. The molecule has 2 unspecified atom stereocenters. The first kappa shape index (κ1) is 28.2. The molecule has 0 radical (unpaired) electrons. The topological polar surface area (TPSA) is 116 Å². The molecular weight excluding hydrogens is 604 g/mol. The van der Waals surface area contributed by atoms with E-state index in [0.29, 0.717) is 28.4 Å². The number of imidazole rings is 1. The monoisotopic (exact) mass is 638 g/mol. The molecule has 11 nitrogen and oxygen atoms in total. The van der Waals surface area contributed by atoms with E-state index < -0.39 is 5.79 Å². The lowest BCUT2D eigenvalue weighted by atomic mass is 9.88. The fraction of sp³-hybridized carbons (Fsp3) is 0.441. The molecule has 3 aliphatic heterocycles. The van der Waals surface area contributed by atoms with Crippen LogP contribution in [-0.4, -0.2) is 65.4 Å². The van der Waals surface area contributed by atoms with Gasteiger partial charge < -0.3 is 23.8 Å². The number of pyridine rings is 2. The summed E-state index contributed by atoms with van der Waals surface area (Å²) in [5, 5.41) is 9.30. The van der Waals surface area contributed by atoms with Gasteiger partial charge in [0.2, 0.25) is 0 Å². The van der Waals surface area contributed by atoms with Gasteiger partial charge in [0.15, 0.2) is 17.3 Å². The number of aromatic nitrogens is 7. The first-order valence-corrected chi connectivity index (χ1v) is 16.6. The minimum absolute atomic E-state index is 0.216. The number of fused-ring (bicyclic) bond motifs is 2. The number of halogens is 1. The van der Waals surface area contributed by atoms with E-state index in [-0.39, 0.29) is 6.10 Å². The van der Waals surface area contributed by atoms with Gasteiger partial charge in [0, 0.05) is 31.2 Å². The van der Waals surface area contributed by atoms with Gasteiger partial charge in [-0.15, -0.1) is 10.2 Å². The Balaban J connectivity index is 0.924. The summed E-state index contributed by atoms with van der Waals surface area (Å²) in [5.74, 6) is 4.17. The Labute approximate surface area is 271 Å². The van der Waals surface area contributed by atoms with Crippen LogP contribution in [0.1, 0.15) is 73.8 Å². The van der Waals surface area contributed by atoms with Crippen molar-refractivity contribution in [3.05, 3.63) is 76.7 Å². The Hall–Kier alpha value is -4.06. The fourth-order valence-electron chi connectivity index (χ4n) is 6.91. The zero-order valence-electron chi connectivity index (χ0n) is 25.7. The molecule has 3 fully saturated rings. The SMILES string of the molecule is CC1(c2ccc(Cl)cn2)Oc2cccc(C3CCN(Cc4nc5cc(-c6nnc(C7CC7)[nH]6)ncc5n4CC4CCO4)CC3)c2O1. The predicted molar refractivity (Wildman–Crippen MR) is 171 cm³/mol. The second-order valence-electron chi connectivity index (χ2n) is 13.0. The summed E-state index contributed by atoms with van der Waals surface area (Å²) in [6.07, 6.45) is 9.21. The third-order valence-electron chi connectivity index (χ3n) is 9.80. The third kappa shape index (κ3) is 5.10. The maximum absolute atomic E-state index is 6.50. The molecule has 7 heterocycles. The zero-order chi connectivity index (χ0) is 30.8. The Bertz CT molecular complexity index is 1910. The van der Waals surface area contributed by atoms with Crippen LogP contribution < -0.4 is 9.47 Å². The summed E-state index contributed by atoms with van der Waals surface area (Å²) in [5.41, 5.74) is 4.61.